The van der Waals surface area contributed by atoms with Crippen LogP contribution in [0.15, 0.2) is 64.5 Å². The summed E-state index contributed by atoms with van der Waals surface area (Å²) in [5.74, 6) is 1.13. The first-order chi connectivity index (χ1) is 14.0. The normalized spacial score (nSPS) is 15.1. The molecule has 1 saturated heterocycles. The van der Waals surface area contributed by atoms with Gasteiger partial charge in [0.2, 0.25) is 0 Å². The van der Waals surface area contributed by atoms with Crippen molar-refractivity contribution in [1.29, 1.82) is 0 Å². The van der Waals surface area contributed by atoms with Crippen molar-refractivity contribution < 1.29 is 14.3 Å². The fraction of sp³-hybridized carbons (Fsp3) is 0.182. The van der Waals surface area contributed by atoms with Crippen LogP contribution in [0.4, 0.5) is 0 Å². The Morgan fingerprint density at radius 3 is 2.69 bits per heavy atom. The van der Waals surface area contributed by atoms with Crippen LogP contribution in [0.1, 0.15) is 18.1 Å². The van der Waals surface area contributed by atoms with Gasteiger partial charge in [-0.15, -0.1) is 0 Å². The zero-order valence-electron chi connectivity index (χ0n) is 15.9. The van der Waals surface area contributed by atoms with Crippen molar-refractivity contribution in [1.82, 2.24) is 4.90 Å². The molecule has 1 aliphatic heterocycles. The van der Waals surface area contributed by atoms with Crippen molar-refractivity contribution in [3.63, 3.8) is 0 Å². The quantitative estimate of drug-likeness (QED) is 0.265. The molecular formula is C22H20BrNO3S2. The predicted octanol–water partition coefficient (Wildman–Crippen LogP) is 5.81. The third-order valence-corrected chi connectivity index (χ3v) is 6.00. The maximum absolute atomic E-state index is 12.9. The number of thiocarbonyl (C=S) groups is 1. The topological polar surface area (TPSA) is 38.8 Å². The van der Waals surface area contributed by atoms with E-state index < -0.39 is 0 Å². The van der Waals surface area contributed by atoms with Gasteiger partial charge in [0.15, 0.2) is 11.5 Å². The minimum atomic E-state index is -0.0927. The minimum Gasteiger partial charge on any atom is -0.490 e. The lowest BCUT2D eigenvalue weighted by atomic mass is 10.1. The Morgan fingerprint density at radius 1 is 1.24 bits per heavy atom. The van der Waals surface area contributed by atoms with Crippen LogP contribution < -0.4 is 9.47 Å². The van der Waals surface area contributed by atoms with Gasteiger partial charge in [0.25, 0.3) is 5.91 Å². The number of hydrogen-bond acceptors (Lipinski definition) is 5. The second-order valence-corrected chi connectivity index (χ2v) is 8.65. The molecule has 4 nitrogen and oxygen atoms in total. The van der Waals surface area contributed by atoms with Gasteiger partial charge in [-0.2, -0.15) is 0 Å². The van der Waals surface area contributed by atoms with Gasteiger partial charge in [-0.25, -0.2) is 0 Å². The van der Waals surface area contributed by atoms with Crippen molar-refractivity contribution in [3.8, 4) is 11.5 Å². The molecule has 1 heterocycles. The zero-order valence-corrected chi connectivity index (χ0v) is 19.1. The fourth-order valence-corrected chi connectivity index (χ4v) is 4.60. The lowest BCUT2D eigenvalue weighted by Gasteiger charge is -2.14. The standard InChI is InChI=1S/C22H20BrNO3S2/c1-3-10-27-20-17(23)11-16(12-18(20)26-4-2)13-19-21(25)24(22(28)29-19)14-15-8-6-5-7-9-15/h3,5-9,11-13H,1,4,10,14H2,2H3/b19-13-. The van der Waals surface area contributed by atoms with E-state index in [1.807, 2.05) is 55.5 Å². The van der Waals surface area contributed by atoms with Gasteiger partial charge in [-0.3, -0.25) is 9.69 Å². The van der Waals surface area contributed by atoms with E-state index in [2.05, 4.69) is 22.5 Å². The molecule has 0 unspecified atom stereocenters. The fourth-order valence-electron chi connectivity index (χ4n) is 2.77. The van der Waals surface area contributed by atoms with Crippen molar-refractivity contribution in [2.75, 3.05) is 13.2 Å². The van der Waals surface area contributed by atoms with Crippen molar-refractivity contribution in [2.45, 2.75) is 13.5 Å². The highest BCUT2D eigenvalue weighted by atomic mass is 79.9. The van der Waals surface area contributed by atoms with Crippen LogP contribution in [-0.4, -0.2) is 28.3 Å². The summed E-state index contributed by atoms with van der Waals surface area (Å²) in [6.45, 7) is 6.92. The molecule has 0 radical (unpaired) electrons. The monoisotopic (exact) mass is 489 g/mol. The third-order valence-electron chi connectivity index (χ3n) is 4.03. The van der Waals surface area contributed by atoms with E-state index >= 15 is 0 Å². The van der Waals surface area contributed by atoms with E-state index in [1.54, 1.807) is 11.0 Å². The summed E-state index contributed by atoms with van der Waals surface area (Å²) >= 11 is 10.3. The lowest BCUT2D eigenvalue weighted by Crippen LogP contribution is -2.27. The number of amides is 1. The average Bonchev–Trinajstić information content (AvgIpc) is 2.96. The molecule has 0 atom stereocenters. The SMILES string of the molecule is C=CCOc1c(Br)cc(/C=C2\SC(=S)N(Cc3ccccc3)C2=O)cc1OCC. The summed E-state index contributed by atoms with van der Waals surface area (Å²) in [5, 5.41) is 0. The van der Waals surface area contributed by atoms with Crippen LogP contribution >= 0.6 is 39.9 Å². The molecule has 2 aromatic carbocycles. The molecule has 29 heavy (non-hydrogen) atoms. The smallest absolute Gasteiger partial charge is 0.266 e. The maximum atomic E-state index is 12.9. The Kier molecular flexibility index (Phi) is 7.52. The lowest BCUT2D eigenvalue weighted by molar-refractivity contribution is -0.122. The first kappa shape index (κ1) is 21.6. The van der Waals surface area contributed by atoms with Crippen LogP contribution in [0.25, 0.3) is 6.08 Å². The van der Waals surface area contributed by atoms with Gasteiger partial charge >= 0.3 is 0 Å². The second-order valence-electron chi connectivity index (χ2n) is 6.12. The van der Waals surface area contributed by atoms with E-state index in [9.17, 15) is 4.79 Å². The van der Waals surface area contributed by atoms with Crippen molar-refractivity contribution >= 4 is 56.2 Å². The van der Waals surface area contributed by atoms with E-state index in [0.717, 1.165) is 15.6 Å². The zero-order chi connectivity index (χ0) is 20.8. The number of benzene rings is 2. The molecule has 0 bridgehead atoms. The van der Waals surface area contributed by atoms with Crippen LogP contribution in [0.2, 0.25) is 0 Å². The summed E-state index contributed by atoms with van der Waals surface area (Å²) in [7, 11) is 0. The summed E-state index contributed by atoms with van der Waals surface area (Å²) in [6, 6.07) is 13.6. The maximum Gasteiger partial charge on any atom is 0.266 e. The van der Waals surface area contributed by atoms with Gasteiger partial charge in [0.05, 0.1) is 22.5 Å². The molecule has 1 aliphatic rings. The molecule has 150 valence electrons. The average molecular weight is 490 g/mol. The molecular weight excluding hydrogens is 470 g/mol. The number of thioether (sulfide) groups is 1. The Morgan fingerprint density at radius 2 is 2.00 bits per heavy atom. The minimum absolute atomic E-state index is 0.0927. The van der Waals surface area contributed by atoms with Crippen LogP contribution in [-0.2, 0) is 11.3 Å². The van der Waals surface area contributed by atoms with Gasteiger partial charge in [-0.1, -0.05) is 67.0 Å². The number of nitrogens with zero attached hydrogens (tertiary/aromatic N) is 1. The molecule has 7 heteroatoms. The van der Waals surface area contributed by atoms with Crippen LogP contribution in [0.3, 0.4) is 0 Å². The first-order valence-electron chi connectivity index (χ1n) is 9.02. The largest absolute Gasteiger partial charge is 0.490 e. The number of carbonyl (C=O) groups excluding carboxylic acids is 1. The highest BCUT2D eigenvalue weighted by Gasteiger charge is 2.32. The van der Waals surface area contributed by atoms with Gasteiger partial charge < -0.3 is 9.47 Å². The highest BCUT2D eigenvalue weighted by Crippen LogP contribution is 2.39. The van der Waals surface area contributed by atoms with E-state index in [1.165, 1.54) is 11.8 Å². The summed E-state index contributed by atoms with van der Waals surface area (Å²) in [4.78, 5) is 15.1. The third kappa shape index (κ3) is 5.29. The number of hydrogen-bond donors (Lipinski definition) is 0. The first-order valence-corrected chi connectivity index (χ1v) is 11.0. The Balaban J connectivity index is 1.86. The molecule has 2 aromatic rings. The molecule has 1 fully saturated rings. The van der Waals surface area contributed by atoms with Crippen LogP contribution in [0.5, 0.6) is 11.5 Å². The molecule has 3 rings (SSSR count). The molecule has 0 saturated carbocycles. The van der Waals surface area contributed by atoms with Gasteiger partial charge in [0.1, 0.15) is 10.9 Å². The second kappa shape index (κ2) is 10.1. The molecule has 1 amide bonds. The molecule has 0 aromatic heterocycles. The summed E-state index contributed by atoms with van der Waals surface area (Å²) in [5.41, 5.74) is 1.86. The Bertz CT molecular complexity index is 960. The van der Waals surface area contributed by atoms with Crippen molar-refractivity contribution in [3.05, 3.63) is 75.6 Å². The molecule has 0 N–H and O–H groups in total. The Labute approximate surface area is 188 Å². The Hall–Kier alpha value is -2.09. The summed E-state index contributed by atoms with van der Waals surface area (Å²) in [6.07, 6.45) is 3.50. The summed E-state index contributed by atoms with van der Waals surface area (Å²) < 4.78 is 12.7. The molecule has 0 spiro atoms. The van der Waals surface area contributed by atoms with E-state index in [-0.39, 0.29) is 5.91 Å². The molecule has 0 aliphatic carbocycles. The van der Waals surface area contributed by atoms with Gasteiger partial charge in [0, 0.05) is 0 Å². The van der Waals surface area contributed by atoms with Crippen molar-refractivity contribution in [2.24, 2.45) is 0 Å². The number of carbonyl (C=O) groups is 1. The predicted molar refractivity (Wildman–Crippen MR) is 126 cm³/mol. The number of rotatable bonds is 8. The van der Waals surface area contributed by atoms with Crippen LogP contribution in [0, 0.1) is 0 Å². The number of halogens is 1. The van der Waals surface area contributed by atoms with E-state index in [0.29, 0.717) is 40.5 Å². The highest BCUT2D eigenvalue weighted by molar-refractivity contribution is 9.10. The number of ether oxygens (including phenoxy) is 2. The van der Waals surface area contributed by atoms with Gasteiger partial charge in [-0.05, 0) is 52.2 Å². The van der Waals surface area contributed by atoms with E-state index in [4.69, 9.17) is 21.7 Å².